The number of anilines is 3. The van der Waals surface area contributed by atoms with E-state index in [4.69, 9.17) is 22.6 Å². The average Bonchev–Trinajstić information content (AvgIpc) is 2.37. The summed E-state index contributed by atoms with van der Waals surface area (Å²) in [6.45, 7) is 1.75. The van der Waals surface area contributed by atoms with Gasteiger partial charge in [-0.2, -0.15) is 10.2 Å². The van der Waals surface area contributed by atoms with Crippen LogP contribution in [-0.4, -0.2) is 9.97 Å². The molecule has 0 saturated carbocycles. The van der Waals surface area contributed by atoms with E-state index in [2.05, 4.69) is 15.3 Å². The second-order valence-electron chi connectivity index (χ2n) is 3.66. The van der Waals surface area contributed by atoms with Gasteiger partial charge in [0.1, 0.15) is 11.0 Å². The Morgan fingerprint density at radius 2 is 1.94 bits per heavy atom. The number of nitriles is 1. The Kier molecular flexibility index (Phi) is 3.31. The first kappa shape index (κ1) is 12.1. The fraction of sp³-hybridized carbons (Fsp3) is 0.0833. The highest BCUT2D eigenvalue weighted by atomic mass is 35.5. The minimum absolute atomic E-state index is 0.318. The molecule has 0 spiro atoms. The normalized spacial score (nSPS) is 9.83. The Bertz CT molecular complexity index is 592. The van der Waals surface area contributed by atoms with Gasteiger partial charge < -0.3 is 11.1 Å². The number of hydrogen-bond donors (Lipinski definition) is 2. The lowest BCUT2D eigenvalue weighted by Gasteiger charge is -2.07. The lowest BCUT2D eigenvalue weighted by Crippen LogP contribution is -2.03. The zero-order chi connectivity index (χ0) is 13.1. The van der Waals surface area contributed by atoms with E-state index in [1.54, 1.807) is 31.2 Å². The molecule has 0 aliphatic carbocycles. The molecule has 0 aliphatic heterocycles. The van der Waals surface area contributed by atoms with E-state index in [1.807, 2.05) is 6.07 Å². The third-order valence-corrected chi connectivity index (χ3v) is 2.76. The van der Waals surface area contributed by atoms with Gasteiger partial charge in [0.15, 0.2) is 0 Å². The van der Waals surface area contributed by atoms with E-state index in [0.29, 0.717) is 28.0 Å². The summed E-state index contributed by atoms with van der Waals surface area (Å²) >= 11 is 5.92. The van der Waals surface area contributed by atoms with Crippen molar-refractivity contribution in [2.24, 2.45) is 0 Å². The van der Waals surface area contributed by atoms with E-state index in [0.717, 1.165) is 5.69 Å². The van der Waals surface area contributed by atoms with Gasteiger partial charge in [-0.15, -0.1) is 0 Å². The van der Waals surface area contributed by atoms with E-state index in [-0.39, 0.29) is 0 Å². The van der Waals surface area contributed by atoms with Crippen molar-refractivity contribution in [2.75, 3.05) is 11.1 Å². The summed E-state index contributed by atoms with van der Waals surface area (Å²) in [4.78, 5) is 8.15. The van der Waals surface area contributed by atoms with Crippen LogP contribution in [0, 0.1) is 18.3 Å². The van der Waals surface area contributed by atoms with Crippen molar-refractivity contribution in [3.05, 3.63) is 40.5 Å². The molecule has 1 aromatic carbocycles. The summed E-state index contributed by atoms with van der Waals surface area (Å²) in [5.74, 6) is 0.666. The number of benzene rings is 1. The zero-order valence-electron chi connectivity index (χ0n) is 9.61. The number of nitrogens with two attached hydrogens (primary N) is 1. The molecule has 0 fully saturated rings. The molecule has 0 aliphatic rings. The minimum atomic E-state index is 0.318. The first-order valence-corrected chi connectivity index (χ1v) is 5.55. The van der Waals surface area contributed by atoms with Gasteiger partial charge in [-0.25, -0.2) is 4.98 Å². The highest BCUT2D eigenvalue weighted by Gasteiger charge is 2.06. The standard InChI is InChI=1S/C12H10ClN5/c1-7-10(13)17-12(18-11(7)15)16-9-4-2-8(6-14)3-5-9/h2-5H,1H3,(H3,15,16,17,18). The van der Waals surface area contributed by atoms with Crippen LogP contribution in [0.25, 0.3) is 0 Å². The van der Waals surface area contributed by atoms with Gasteiger partial charge in [0.25, 0.3) is 0 Å². The highest BCUT2D eigenvalue weighted by molar-refractivity contribution is 6.30. The first-order valence-electron chi connectivity index (χ1n) is 5.17. The van der Waals surface area contributed by atoms with E-state index < -0.39 is 0 Å². The number of hydrogen-bond acceptors (Lipinski definition) is 5. The monoisotopic (exact) mass is 259 g/mol. The van der Waals surface area contributed by atoms with Crippen molar-refractivity contribution < 1.29 is 0 Å². The lowest BCUT2D eigenvalue weighted by atomic mass is 10.2. The Hall–Kier alpha value is -2.32. The highest BCUT2D eigenvalue weighted by Crippen LogP contribution is 2.21. The van der Waals surface area contributed by atoms with Crippen molar-refractivity contribution in [3.8, 4) is 6.07 Å². The summed E-state index contributed by atoms with van der Waals surface area (Å²) in [7, 11) is 0. The van der Waals surface area contributed by atoms with Crippen molar-refractivity contribution in [2.45, 2.75) is 6.92 Å². The molecule has 6 heteroatoms. The number of rotatable bonds is 2. The van der Waals surface area contributed by atoms with Crippen molar-refractivity contribution in [1.82, 2.24) is 9.97 Å². The second-order valence-corrected chi connectivity index (χ2v) is 4.02. The summed E-state index contributed by atoms with van der Waals surface area (Å²) in [5, 5.41) is 12.0. The molecule has 0 bridgehead atoms. The number of nitrogens with one attached hydrogen (secondary N) is 1. The van der Waals surface area contributed by atoms with Crippen LogP contribution in [0.4, 0.5) is 17.5 Å². The van der Waals surface area contributed by atoms with E-state index >= 15 is 0 Å². The second kappa shape index (κ2) is 4.90. The molecule has 1 heterocycles. The van der Waals surface area contributed by atoms with Crippen LogP contribution >= 0.6 is 11.6 Å². The molecule has 18 heavy (non-hydrogen) atoms. The van der Waals surface area contributed by atoms with Crippen LogP contribution in [0.1, 0.15) is 11.1 Å². The summed E-state index contributed by atoms with van der Waals surface area (Å²) in [5.41, 5.74) is 7.70. The average molecular weight is 260 g/mol. The van der Waals surface area contributed by atoms with Gasteiger partial charge in [-0.05, 0) is 31.2 Å². The number of nitrogen functional groups attached to an aromatic ring is 1. The SMILES string of the molecule is Cc1c(N)nc(Nc2ccc(C#N)cc2)nc1Cl. The predicted octanol–water partition coefficient (Wildman–Crippen LogP) is 2.64. The Labute approximate surface area is 109 Å². The summed E-state index contributed by atoms with van der Waals surface area (Å²) in [6, 6.07) is 8.95. The van der Waals surface area contributed by atoms with Crippen LogP contribution in [-0.2, 0) is 0 Å². The number of aromatic nitrogens is 2. The molecule has 1 aromatic heterocycles. The van der Waals surface area contributed by atoms with Gasteiger partial charge in [-0.3, -0.25) is 0 Å². The maximum absolute atomic E-state index is 8.69. The molecule has 90 valence electrons. The van der Waals surface area contributed by atoms with Crippen LogP contribution in [0.15, 0.2) is 24.3 Å². The van der Waals surface area contributed by atoms with Crippen LogP contribution < -0.4 is 11.1 Å². The smallest absolute Gasteiger partial charge is 0.230 e. The molecule has 0 atom stereocenters. The Morgan fingerprint density at radius 3 is 2.50 bits per heavy atom. The quantitative estimate of drug-likeness (QED) is 0.810. The first-order chi connectivity index (χ1) is 8.60. The molecular formula is C12H10ClN5. The maximum Gasteiger partial charge on any atom is 0.230 e. The molecule has 0 amide bonds. The largest absolute Gasteiger partial charge is 0.383 e. The summed E-state index contributed by atoms with van der Waals surface area (Å²) < 4.78 is 0. The minimum Gasteiger partial charge on any atom is -0.383 e. The van der Waals surface area contributed by atoms with Gasteiger partial charge in [0, 0.05) is 11.3 Å². The number of halogens is 1. The topological polar surface area (TPSA) is 87.6 Å². The van der Waals surface area contributed by atoms with Gasteiger partial charge in [0.2, 0.25) is 5.95 Å². The molecule has 3 N–H and O–H groups in total. The van der Waals surface area contributed by atoms with Crippen LogP contribution in [0.5, 0.6) is 0 Å². The Morgan fingerprint density at radius 1 is 1.28 bits per heavy atom. The molecule has 0 radical (unpaired) electrons. The van der Waals surface area contributed by atoms with Gasteiger partial charge >= 0.3 is 0 Å². The third kappa shape index (κ3) is 2.50. The predicted molar refractivity (Wildman–Crippen MR) is 70.6 cm³/mol. The van der Waals surface area contributed by atoms with Crippen molar-refractivity contribution in [1.29, 1.82) is 5.26 Å². The molecule has 0 unspecified atom stereocenters. The van der Waals surface area contributed by atoms with Crippen molar-refractivity contribution >= 4 is 29.1 Å². The van der Waals surface area contributed by atoms with E-state index in [9.17, 15) is 0 Å². The molecule has 2 aromatic rings. The fourth-order valence-electron chi connectivity index (χ4n) is 1.32. The third-order valence-electron chi connectivity index (χ3n) is 2.39. The summed E-state index contributed by atoms with van der Waals surface area (Å²) in [6.07, 6.45) is 0. The van der Waals surface area contributed by atoms with Gasteiger partial charge in [0.05, 0.1) is 11.6 Å². The van der Waals surface area contributed by atoms with Crippen LogP contribution in [0.2, 0.25) is 5.15 Å². The van der Waals surface area contributed by atoms with Crippen LogP contribution in [0.3, 0.4) is 0 Å². The lowest BCUT2D eigenvalue weighted by molar-refractivity contribution is 1.14. The zero-order valence-corrected chi connectivity index (χ0v) is 10.4. The number of nitrogens with zero attached hydrogens (tertiary/aromatic N) is 3. The molecule has 5 nitrogen and oxygen atoms in total. The van der Waals surface area contributed by atoms with Crippen molar-refractivity contribution in [3.63, 3.8) is 0 Å². The fourth-order valence-corrected chi connectivity index (χ4v) is 1.50. The Balaban J connectivity index is 2.26. The molecule has 2 rings (SSSR count). The van der Waals surface area contributed by atoms with Gasteiger partial charge in [-0.1, -0.05) is 11.6 Å². The van der Waals surface area contributed by atoms with E-state index in [1.165, 1.54) is 0 Å². The molecule has 0 saturated heterocycles. The molecular weight excluding hydrogens is 250 g/mol. The maximum atomic E-state index is 8.69.